The molecule has 1 N–H and O–H groups in total. The van der Waals surface area contributed by atoms with Crippen molar-refractivity contribution in [1.29, 1.82) is 0 Å². The maximum Gasteiger partial charge on any atom is 0.119 e. The van der Waals surface area contributed by atoms with Gasteiger partial charge in [-0.15, -0.1) is 0 Å². The van der Waals surface area contributed by atoms with Crippen LogP contribution in [0.5, 0.6) is 5.75 Å². The van der Waals surface area contributed by atoms with Crippen molar-refractivity contribution in [2.75, 3.05) is 13.2 Å². The molecule has 1 aromatic rings. The summed E-state index contributed by atoms with van der Waals surface area (Å²) < 4.78 is 6.56. The molecule has 3 nitrogen and oxygen atoms in total. The fourth-order valence-electron chi connectivity index (χ4n) is 1.01. The minimum Gasteiger partial charge on any atom is -0.492 e. The molecule has 0 aliphatic carbocycles. The van der Waals surface area contributed by atoms with E-state index in [9.17, 15) is 0 Å². The maximum atomic E-state index is 5.51. The minimum atomic E-state index is -0.169. The van der Waals surface area contributed by atoms with Crippen LogP contribution in [-0.4, -0.2) is 18.8 Å². The molecule has 1 aromatic carbocycles. The Kier molecular flexibility index (Phi) is 5.25. The second-order valence-corrected chi connectivity index (χ2v) is 5.33. The number of benzene rings is 1. The largest absolute Gasteiger partial charge is 0.492 e. The molecule has 0 aliphatic heterocycles. The highest BCUT2D eigenvalue weighted by molar-refractivity contribution is 9.10. The fourth-order valence-corrected chi connectivity index (χ4v) is 1.27. The summed E-state index contributed by atoms with van der Waals surface area (Å²) in [6.07, 6.45) is 0. The molecule has 0 aromatic heterocycles. The second-order valence-electron chi connectivity index (χ2n) is 4.41. The van der Waals surface area contributed by atoms with Gasteiger partial charge in [0.15, 0.2) is 0 Å². The van der Waals surface area contributed by atoms with Crippen molar-refractivity contribution in [2.24, 2.45) is 0 Å². The first kappa shape index (κ1) is 13.5. The van der Waals surface area contributed by atoms with Crippen LogP contribution in [0.15, 0.2) is 28.7 Å². The molecule has 16 heavy (non-hydrogen) atoms. The zero-order chi connectivity index (χ0) is 12.0. The van der Waals surface area contributed by atoms with Gasteiger partial charge in [0, 0.05) is 4.47 Å². The summed E-state index contributed by atoms with van der Waals surface area (Å²) >= 11 is 3.37. The minimum absolute atomic E-state index is 0.169. The van der Waals surface area contributed by atoms with Gasteiger partial charge in [0.2, 0.25) is 0 Å². The smallest absolute Gasteiger partial charge is 0.119 e. The summed E-state index contributed by atoms with van der Waals surface area (Å²) in [6, 6.07) is 7.76. The standard InChI is InChI=1S/C12H18BrNO2/c1-12(2,3)16-14-8-9-15-11-6-4-10(13)5-7-11/h4-7,14H,8-9H2,1-3H3. The lowest BCUT2D eigenvalue weighted by atomic mass is 10.2. The molecule has 0 spiro atoms. The van der Waals surface area contributed by atoms with Gasteiger partial charge >= 0.3 is 0 Å². The van der Waals surface area contributed by atoms with E-state index in [4.69, 9.17) is 9.57 Å². The molecule has 0 amide bonds. The molecule has 0 fully saturated rings. The second kappa shape index (κ2) is 6.23. The maximum absolute atomic E-state index is 5.51. The molecular formula is C12H18BrNO2. The number of halogens is 1. The molecule has 0 saturated carbocycles. The van der Waals surface area contributed by atoms with Crippen LogP contribution in [0.25, 0.3) is 0 Å². The average Bonchev–Trinajstić information content (AvgIpc) is 2.19. The first-order valence-electron chi connectivity index (χ1n) is 5.26. The van der Waals surface area contributed by atoms with Crippen LogP contribution < -0.4 is 10.2 Å². The molecule has 0 unspecified atom stereocenters. The van der Waals surface area contributed by atoms with Crippen molar-refractivity contribution in [3.05, 3.63) is 28.7 Å². The summed E-state index contributed by atoms with van der Waals surface area (Å²) in [7, 11) is 0. The highest BCUT2D eigenvalue weighted by atomic mass is 79.9. The Morgan fingerprint density at radius 2 is 1.81 bits per heavy atom. The summed E-state index contributed by atoms with van der Waals surface area (Å²) in [4.78, 5) is 5.35. The third-order valence-electron chi connectivity index (χ3n) is 1.66. The van der Waals surface area contributed by atoms with Crippen LogP contribution in [0.3, 0.4) is 0 Å². The van der Waals surface area contributed by atoms with Crippen LogP contribution in [0, 0.1) is 0 Å². The van der Waals surface area contributed by atoms with E-state index in [1.54, 1.807) is 0 Å². The predicted molar refractivity (Wildman–Crippen MR) is 68.5 cm³/mol. The molecule has 90 valence electrons. The normalized spacial score (nSPS) is 11.5. The number of rotatable bonds is 5. The zero-order valence-electron chi connectivity index (χ0n) is 9.92. The quantitative estimate of drug-likeness (QED) is 0.667. The fraction of sp³-hybridized carbons (Fsp3) is 0.500. The Hall–Kier alpha value is -0.580. The van der Waals surface area contributed by atoms with Crippen LogP contribution >= 0.6 is 15.9 Å². The van der Waals surface area contributed by atoms with Gasteiger partial charge in [-0.25, -0.2) is 0 Å². The van der Waals surface area contributed by atoms with Gasteiger partial charge in [-0.3, -0.25) is 4.84 Å². The van der Waals surface area contributed by atoms with Crippen molar-refractivity contribution in [3.8, 4) is 5.75 Å². The Balaban J connectivity index is 2.14. The Bertz CT molecular complexity index is 306. The predicted octanol–water partition coefficient (Wildman–Crippen LogP) is 3.15. The molecule has 4 heteroatoms. The van der Waals surface area contributed by atoms with E-state index in [1.807, 2.05) is 45.0 Å². The van der Waals surface area contributed by atoms with Gasteiger partial charge in [0.1, 0.15) is 12.4 Å². The van der Waals surface area contributed by atoms with Gasteiger partial charge in [-0.2, -0.15) is 5.48 Å². The lowest BCUT2D eigenvalue weighted by Gasteiger charge is -2.19. The SMILES string of the molecule is CC(C)(C)ONCCOc1ccc(Br)cc1. The van der Waals surface area contributed by atoms with E-state index in [0.29, 0.717) is 13.2 Å². The average molecular weight is 288 g/mol. The van der Waals surface area contributed by atoms with Gasteiger partial charge in [0.05, 0.1) is 12.1 Å². The summed E-state index contributed by atoms with van der Waals surface area (Å²) in [5, 5.41) is 0. The summed E-state index contributed by atoms with van der Waals surface area (Å²) in [5.41, 5.74) is 2.70. The molecule has 0 aliphatic rings. The first-order valence-corrected chi connectivity index (χ1v) is 6.06. The molecular weight excluding hydrogens is 270 g/mol. The van der Waals surface area contributed by atoms with Crippen LogP contribution in [0.1, 0.15) is 20.8 Å². The van der Waals surface area contributed by atoms with E-state index < -0.39 is 0 Å². The highest BCUT2D eigenvalue weighted by Crippen LogP contribution is 2.15. The number of ether oxygens (including phenoxy) is 1. The highest BCUT2D eigenvalue weighted by Gasteiger charge is 2.09. The third kappa shape index (κ3) is 6.10. The third-order valence-corrected chi connectivity index (χ3v) is 2.19. The molecule has 1 rings (SSSR count). The van der Waals surface area contributed by atoms with Crippen LogP contribution in [0.4, 0.5) is 0 Å². The first-order chi connectivity index (χ1) is 7.47. The van der Waals surface area contributed by atoms with E-state index in [1.165, 1.54) is 0 Å². The van der Waals surface area contributed by atoms with E-state index in [2.05, 4.69) is 21.4 Å². The summed E-state index contributed by atoms with van der Waals surface area (Å²) in [6.45, 7) is 7.23. The van der Waals surface area contributed by atoms with Gasteiger partial charge in [0.25, 0.3) is 0 Å². The summed E-state index contributed by atoms with van der Waals surface area (Å²) in [5.74, 6) is 0.862. The number of nitrogens with one attached hydrogen (secondary N) is 1. The van der Waals surface area contributed by atoms with Gasteiger partial charge in [-0.05, 0) is 45.0 Å². The topological polar surface area (TPSA) is 30.5 Å². The van der Waals surface area contributed by atoms with E-state index >= 15 is 0 Å². The zero-order valence-corrected chi connectivity index (χ0v) is 11.5. The molecule has 0 bridgehead atoms. The van der Waals surface area contributed by atoms with Gasteiger partial charge < -0.3 is 4.74 Å². The molecule has 0 heterocycles. The van der Waals surface area contributed by atoms with Crippen molar-refractivity contribution >= 4 is 15.9 Å². The molecule has 0 saturated heterocycles. The van der Waals surface area contributed by atoms with Gasteiger partial charge in [-0.1, -0.05) is 15.9 Å². The Morgan fingerprint density at radius 3 is 2.38 bits per heavy atom. The lowest BCUT2D eigenvalue weighted by molar-refractivity contribution is -0.0749. The van der Waals surface area contributed by atoms with Crippen molar-refractivity contribution in [3.63, 3.8) is 0 Å². The Morgan fingerprint density at radius 1 is 1.19 bits per heavy atom. The van der Waals surface area contributed by atoms with E-state index in [-0.39, 0.29) is 5.60 Å². The number of hydroxylamine groups is 1. The van der Waals surface area contributed by atoms with Crippen LogP contribution in [0.2, 0.25) is 0 Å². The van der Waals surface area contributed by atoms with Crippen molar-refractivity contribution in [2.45, 2.75) is 26.4 Å². The van der Waals surface area contributed by atoms with E-state index in [0.717, 1.165) is 10.2 Å². The van der Waals surface area contributed by atoms with Crippen molar-refractivity contribution in [1.82, 2.24) is 5.48 Å². The van der Waals surface area contributed by atoms with Crippen molar-refractivity contribution < 1.29 is 9.57 Å². The number of hydrogen-bond donors (Lipinski definition) is 1. The lowest BCUT2D eigenvalue weighted by Crippen LogP contribution is -2.31. The Labute approximate surface area is 105 Å². The monoisotopic (exact) mass is 287 g/mol. The molecule has 0 atom stereocenters. The van der Waals surface area contributed by atoms with Crippen LogP contribution in [-0.2, 0) is 4.84 Å². The molecule has 0 radical (unpaired) electrons. The number of hydrogen-bond acceptors (Lipinski definition) is 3.